The van der Waals surface area contributed by atoms with Gasteiger partial charge in [-0.2, -0.15) is 0 Å². The van der Waals surface area contributed by atoms with E-state index in [4.69, 9.17) is 0 Å². The average Bonchev–Trinajstić information content (AvgIpc) is 2.54. The van der Waals surface area contributed by atoms with Crippen molar-refractivity contribution in [3.8, 4) is 0 Å². The molecule has 0 saturated carbocycles. The first-order chi connectivity index (χ1) is 10.8. The molecule has 2 aromatic rings. The number of carbonyl (C=O) groups is 1. The molecular weight excluding hydrogens is 290 g/mol. The van der Waals surface area contributed by atoms with Crippen molar-refractivity contribution in [2.75, 3.05) is 11.1 Å². The molecule has 2 aromatic carbocycles. The largest absolute Gasteiger partial charge is 0.316 e. The van der Waals surface area contributed by atoms with Gasteiger partial charge in [0.05, 0.1) is 0 Å². The second-order valence-electron chi connectivity index (χ2n) is 5.56. The van der Waals surface area contributed by atoms with Crippen LogP contribution in [0.5, 0.6) is 0 Å². The second kappa shape index (κ2) is 9.52. The summed E-state index contributed by atoms with van der Waals surface area (Å²) in [5, 5.41) is 5.32. The monoisotopic (exact) mass is 315 g/mol. The first kappa shape index (κ1) is 16.9. The summed E-state index contributed by atoms with van der Waals surface area (Å²) in [6.45, 7) is 2.23. The molecule has 0 saturated heterocycles. The summed E-state index contributed by atoms with van der Waals surface area (Å²) in [6, 6.07) is 14.1. The van der Waals surface area contributed by atoms with Crippen LogP contribution >= 0.6 is 11.8 Å². The maximum Gasteiger partial charge on any atom is 0.283 e. The maximum atomic E-state index is 12.0. The summed E-state index contributed by atoms with van der Waals surface area (Å²) in [5.74, 6) is 0.905. The molecule has 0 heterocycles. The predicted octanol–water partition coefficient (Wildman–Crippen LogP) is 6.47. The van der Waals surface area contributed by atoms with Crippen LogP contribution in [-0.2, 0) is 0 Å². The number of hydrogen-bond acceptors (Lipinski definition) is 2. The van der Waals surface area contributed by atoms with E-state index in [1.165, 1.54) is 43.9 Å². The van der Waals surface area contributed by atoms with Gasteiger partial charge in [0.2, 0.25) is 0 Å². The number of nitrogens with one attached hydrogen (secondary N) is 1. The fourth-order valence-corrected chi connectivity index (χ4v) is 3.24. The zero-order valence-corrected chi connectivity index (χ0v) is 14.1. The van der Waals surface area contributed by atoms with Gasteiger partial charge < -0.3 is 5.32 Å². The van der Waals surface area contributed by atoms with Gasteiger partial charge in [-0.25, -0.2) is 0 Å². The zero-order chi connectivity index (χ0) is 15.6. The molecule has 0 atom stereocenters. The Hall–Kier alpha value is -1.48. The van der Waals surface area contributed by atoms with Gasteiger partial charge in [0.25, 0.3) is 5.24 Å². The zero-order valence-electron chi connectivity index (χ0n) is 13.3. The van der Waals surface area contributed by atoms with Crippen LogP contribution in [0.1, 0.15) is 45.4 Å². The van der Waals surface area contributed by atoms with Gasteiger partial charge in [0, 0.05) is 16.8 Å². The van der Waals surface area contributed by atoms with E-state index in [-0.39, 0.29) is 5.24 Å². The summed E-state index contributed by atoms with van der Waals surface area (Å²) in [5.41, 5.74) is 0.901. The molecule has 0 fully saturated rings. The second-order valence-corrected chi connectivity index (χ2v) is 6.62. The molecule has 0 aromatic heterocycles. The lowest BCUT2D eigenvalue weighted by atomic mass is 10.1. The number of thioether (sulfide) groups is 1. The number of benzene rings is 2. The van der Waals surface area contributed by atoms with Crippen LogP contribution in [0.4, 0.5) is 10.5 Å². The lowest BCUT2D eigenvalue weighted by Gasteiger charge is -2.08. The number of carbonyl (C=O) groups excluding carboxylic acids is 1. The summed E-state index contributed by atoms with van der Waals surface area (Å²) >= 11 is 1.39. The van der Waals surface area contributed by atoms with Gasteiger partial charge in [-0.3, -0.25) is 4.79 Å². The van der Waals surface area contributed by atoms with Crippen LogP contribution in [0.3, 0.4) is 0 Å². The number of hydrogen-bond donors (Lipinski definition) is 1. The van der Waals surface area contributed by atoms with E-state index >= 15 is 0 Å². The van der Waals surface area contributed by atoms with Gasteiger partial charge in [-0.15, -0.1) is 0 Å². The van der Waals surface area contributed by atoms with E-state index in [0.717, 1.165) is 28.6 Å². The molecule has 22 heavy (non-hydrogen) atoms. The Kier molecular flexibility index (Phi) is 7.31. The molecule has 0 aliphatic carbocycles. The molecule has 0 radical (unpaired) electrons. The van der Waals surface area contributed by atoms with Crippen LogP contribution in [0, 0.1) is 0 Å². The van der Waals surface area contributed by atoms with Gasteiger partial charge in [0.1, 0.15) is 0 Å². The average molecular weight is 315 g/mol. The Labute approximate surface area is 137 Å². The minimum Gasteiger partial charge on any atom is -0.316 e. The fraction of sp³-hybridized carbons (Fsp3) is 0.421. The molecule has 2 nitrogen and oxygen atoms in total. The van der Waals surface area contributed by atoms with E-state index in [1.54, 1.807) is 0 Å². The Morgan fingerprint density at radius 1 is 0.955 bits per heavy atom. The number of amides is 1. The molecule has 1 N–H and O–H groups in total. The lowest BCUT2D eigenvalue weighted by molar-refractivity contribution is 0.270. The van der Waals surface area contributed by atoms with Crippen molar-refractivity contribution in [2.45, 2.75) is 45.4 Å². The first-order valence-corrected chi connectivity index (χ1v) is 9.21. The van der Waals surface area contributed by atoms with Crippen LogP contribution in [0.15, 0.2) is 42.5 Å². The molecule has 0 spiro atoms. The first-order valence-electron chi connectivity index (χ1n) is 8.23. The summed E-state index contributed by atoms with van der Waals surface area (Å²) in [6.07, 6.45) is 7.57. The van der Waals surface area contributed by atoms with Crippen molar-refractivity contribution in [2.24, 2.45) is 0 Å². The molecule has 0 aliphatic rings. The number of fused-ring (bicyclic) bond motifs is 1. The Balaban J connectivity index is 1.75. The van der Waals surface area contributed by atoms with Gasteiger partial charge in [-0.05, 0) is 17.9 Å². The van der Waals surface area contributed by atoms with Gasteiger partial charge in [-0.1, -0.05) is 87.2 Å². The SMILES string of the molecule is CCCCCCCCSC(=O)Nc1cccc2ccccc12. The summed E-state index contributed by atoms with van der Waals surface area (Å²) in [7, 11) is 0. The van der Waals surface area contributed by atoms with E-state index in [2.05, 4.69) is 24.4 Å². The highest BCUT2D eigenvalue weighted by Gasteiger charge is 2.05. The van der Waals surface area contributed by atoms with Crippen molar-refractivity contribution in [1.29, 1.82) is 0 Å². The van der Waals surface area contributed by atoms with Crippen molar-refractivity contribution < 1.29 is 4.79 Å². The van der Waals surface area contributed by atoms with Crippen LogP contribution in [-0.4, -0.2) is 11.0 Å². The van der Waals surface area contributed by atoms with Gasteiger partial charge in [0.15, 0.2) is 0 Å². The van der Waals surface area contributed by atoms with E-state index < -0.39 is 0 Å². The van der Waals surface area contributed by atoms with E-state index in [0.29, 0.717) is 0 Å². The molecule has 1 amide bonds. The molecule has 2 rings (SSSR count). The predicted molar refractivity (Wildman–Crippen MR) is 98.8 cm³/mol. The Bertz CT molecular complexity index is 592. The summed E-state index contributed by atoms with van der Waals surface area (Å²) < 4.78 is 0. The quantitative estimate of drug-likeness (QED) is 0.566. The number of unbranched alkanes of at least 4 members (excludes halogenated alkanes) is 5. The normalized spacial score (nSPS) is 10.8. The highest BCUT2D eigenvalue weighted by atomic mass is 32.2. The molecular formula is C19H25NOS. The van der Waals surface area contributed by atoms with Gasteiger partial charge >= 0.3 is 0 Å². The summed E-state index contributed by atoms with van der Waals surface area (Å²) in [4.78, 5) is 12.0. The lowest BCUT2D eigenvalue weighted by Crippen LogP contribution is -2.06. The van der Waals surface area contributed by atoms with E-state index in [9.17, 15) is 4.79 Å². The van der Waals surface area contributed by atoms with E-state index in [1.807, 2.05) is 30.3 Å². The molecule has 0 bridgehead atoms. The Morgan fingerprint density at radius 3 is 2.55 bits per heavy atom. The fourth-order valence-electron chi connectivity index (χ4n) is 2.53. The maximum absolute atomic E-state index is 12.0. The Morgan fingerprint density at radius 2 is 1.68 bits per heavy atom. The van der Waals surface area contributed by atoms with Crippen molar-refractivity contribution in [3.05, 3.63) is 42.5 Å². The highest BCUT2D eigenvalue weighted by molar-refractivity contribution is 8.13. The molecule has 3 heteroatoms. The van der Waals surface area contributed by atoms with Crippen LogP contribution in [0.2, 0.25) is 0 Å². The molecule has 118 valence electrons. The van der Waals surface area contributed by atoms with Crippen molar-refractivity contribution in [1.82, 2.24) is 0 Å². The number of anilines is 1. The minimum atomic E-state index is 0.0462. The van der Waals surface area contributed by atoms with Crippen LogP contribution < -0.4 is 5.32 Å². The standard InChI is InChI=1S/C19H25NOS/c1-2-3-4-5-6-9-15-22-19(21)20-18-14-10-12-16-11-7-8-13-17(16)18/h7-8,10-14H,2-6,9,15H2,1H3,(H,20,21). The van der Waals surface area contributed by atoms with Crippen molar-refractivity contribution >= 4 is 33.5 Å². The van der Waals surface area contributed by atoms with Crippen LogP contribution in [0.25, 0.3) is 10.8 Å². The molecule has 0 aliphatic heterocycles. The third kappa shape index (κ3) is 5.38. The molecule has 0 unspecified atom stereocenters. The third-order valence-corrected chi connectivity index (χ3v) is 4.61. The third-order valence-electron chi connectivity index (χ3n) is 3.76. The highest BCUT2D eigenvalue weighted by Crippen LogP contribution is 2.24. The smallest absolute Gasteiger partial charge is 0.283 e. The number of rotatable bonds is 8. The minimum absolute atomic E-state index is 0.0462. The topological polar surface area (TPSA) is 29.1 Å². The van der Waals surface area contributed by atoms with Crippen molar-refractivity contribution in [3.63, 3.8) is 0 Å².